The lowest BCUT2D eigenvalue weighted by Gasteiger charge is -2.29. The summed E-state index contributed by atoms with van der Waals surface area (Å²) in [4.78, 5) is 27.7. The highest BCUT2D eigenvalue weighted by molar-refractivity contribution is 7.89. The van der Waals surface area contributed by atoms with Crippen LogP contribution in [0.4, 0.5) is 5.13 Å². The Kier molecular flexibility index (Phi) is 11.1. The van der Waals surface area contributed by atoms with Gasteiger partial charge in [0.25, 0.3) is 10.0 Å². The smallest absolute Gasteiger partial charge is 0.259 e. The number of carbonyl (C=O) groups excluding carboxylic acids is 2. The fourth-order valence-electron chi connectivity index (χ4n) is 2.65. The molecule has 3 N–H and O–H groups in total. The number of thiazole rings is 1. The zero-order valence-electron chi connectivity index (χ0n) is 19.3. The van der Waals surface area contributed by atoms with Crippen LogP contribution in [0.25, 0.3) is 0 Å². The second kappa shape index (κ2) is 12.5. The van der Waals surface area contributed by atoms with E-state index in [2.05, 4.69) is 34.2 Å². The van der Waals surface area contributed by atoms with Gasteiger partial charge in [0.15, 0.2) is 10.2 Å². The number of rotatable bonds is 14. The maximum Gasteiger partial charge on any atom is 0.259 e. The molecule has 0 radical (unpaired) electrons. The van der Waals surface area contributed by atoms with Gasteiger partial charge in [0, 0.05) is 37.9 Å². The van der Waals surface area contributed by atoms with E-state index in [-0.39, 0.29) is 40.7 Å². The number of hydrogen-bond donors (Lipinski definition) is 3. The Morgan fingerprint density at radius 3 is 2.52 bits per heavy atom. The van der Waals surface area contributed by atoms with Gasteiger partial charge in [-0.05, 0) is 39.0 Å². The molecule has 1 unspecified atom stereocenters. The van der Waals surface area contributed by atoms with Gasteiger partial charge in [0.05, 0.1) is 5.60 Å². The number of hydrogen-bond acceptors (Lipinski definition) is 7. The first-order valence-corrected chi connectivity index (χ1v) is 12.8. The maximum absolute atomic E-state index is 12.4. The van der Waals surface area contributed by atoms with E-state index in [0.717, 1.165) is 24.2 Å². The molecule has 0 bridgehead atoms. The Labute approximate surface area is 189 Å². The molecule has 0 saturated carbocycles. The molecule has 9 nitrogen and oxygen atoms in total. The summed E-state index contributed by atoms with van der Waals surface area (Å²) in [5.74, 6) is 0.0974. The van der Waals surface area contributed by atoms with Gasteiger partial charge in [-0.2, -0.15) is 0 Å². The lowest BCUT2D eigenvalue weighted by atomic mass is 9.96. The summed E-state index contributed by atoms with van der Waals surface area (Å²) in [5, 5.41) is 5.32. The van der Waals surface area contributed by atoms with Gasteiger partial charge >= 0.3 is 0 Å². The molecule has 31 heavy (non-hydrogen) atoms. The van der Waals surface area contributed by atoms with Crippen molar-refractivity contribution in [1.82, 2.24) is 15.0 Å². The summed E-state index contributed by atoms with van der Waals surface area (Å²) in [6.07, 6.45) is 2.70. The van der Waals surface area contributed by atoms with Gasteiger partial charge in [0.1, 0.15) is 0 Å². The van der Waals surface area contributed by atoms with Crippen molar-refractivity contribution in [3.63, 3.8) is 0 Å². The largest absolute Gasteiger partial charge is 0.375 e. The lowest BCUT2D eigenvalue weighted by molar-refractivity contribution is -0.123. The van der Waals surface area contributed by atoms with Crippen molar-refractivity contribution >= 4 is 38.3 Å². The highest BCUT2D eigenvalue weighted by atomic mass is 32.2. The van der Waals surface area contributed by atoms with Gasteiger partial charge in [-0.25, -0.2) is 18.1 Å². The predicted molar refractivity (Wildman–Crippen MR) is 123 cm³/mol. The van der Waals surface area contributed by atoms with E-state index >= 15 is 0 Å². The number of amides is 2. The van der Waals surface area contributed by atoms with Crippen LogP contribution in [-0.2, 0) is 24.3 Å². The third-order valence-electron chi connectivity index (χ3n) is 4.81. The molecule has 178 valence electrons. The fraction of sp³-hybridized carbons (Fsp3) is 0.750. The Hall–Kier alpha value is -1.56. The minimum atomic E-state index is -3.83. The van der Waals surface area contributed by atoms with Gasteiger partial charge < -0.3 is 15.4 Å². The quantitative estimate of drug-likeness (QED) is 0.354. The Morgan fingerprint density at radius 2 is 1.94 bits per heavy atom. The van der Waals surface area contributed by atoms with Crippen molar-refractivity contribution in [3.8, 4) is 0 Å². The summed E-state index contributed by atoms with van der Waals surface area (Å²) in [6.45, 7) is 12.2. The molecule has 0 spiro atoms. The minimum absolute atomic E-state index is 0.0381. The molecule has 0 fully saturated rings. The summed E-state index contributed by atoms with van der Waals surface area (Å²) in [5.41, 5.74) is -0.346. The third kappa shape index (κ3) is 10.1. The van der Waals surface area contributed by atoms with Crippen molar-refractivity contribution < 1.29 is 22.7 Å². The van der Waals surface area contributed by atoms with Crippen LogP contribution in [0.2, 0.25) is 0 Å². The van der Waals surface area contributed by atoms with Gasteiger partial charge in [-0.1, -0.05) is 20.8 Å². The van der Waals surface area contributed by atoms with Crippen LogP contribution >= 0.6 is 11.3 Å². The average Bonchev–Trinajstić information content (AvgIpc) is 3.03. The van der Waals surface area contributed by atoms with Crippen molar-refractivity contribution in [2.45, 2.75) is 77.9 Å². The number of aryl methyl sites for hydroxylation is 1. The van der Waals surface area contributed by atoms with Gasteiger partial charge in [0.2, 0.25) is 11.8 Å². The first kappa shape index (κ1) is 27.5. The Balaban J connectivity index is 2.43. The maximum atomic E-state index is 12.4. The van der Waals surface area contributed by atoms with E-state index in [9.17, 15) is 18.0 Å². The van der Waals surface area contributed by atoms with E-state index in [1.165, 1.54) is 6.92 Å². The van der Waals surface area contributed by atoms with Crippen LogP contribution in [0.15, 0.2) is 5.03 Å². The summed E-state index contributed by atoms with van der Waals surface area (Å²) < 4.78 is 33.3. The number of aromatic nitrogens is 1. The first-order valence-electron chi connectivity index (χ1n) is 10.5. The van der Waals surface area contributed by atoms with Crippen molar-refractivity contribution in [1.29, 1.82) is 0 Å². The number of ether oxygens (including phenoxy) is 1. The molecule has 1 aromatic rings. The number of carbonyl (C=O) groups is 2. The van der Waals surface area contributed by atoms with Crippen LogP contribution < -0.4 is 15.4 Å². The molecule has 0 aromatic carbocycles. The highest BCUT2D eigenvalue weighted by Crippen LogP contribution is 2.25. The summed E-state index contributed by atoms with van der Waals surface area (Å²) in [6, 6.07) is 0. The van der Waals surface area contributed by atoms with Crippen LogP contribution in [-0.4, -0.2) is 50.5 Å². The molecule has 0 aliphatic rings. The third-order valence-corrected chi connectivity index (χ3v) is 7.31. The van der Waals surface area contributed by atoms with Crippen molar-refractivity contribution in [2.24, 2.45) is 5.92 Å². The number of nitrogens with one attached hydrogen (secondary N) is 3. The molecule has 0 saturated heterocycles. The molecule has 1 atom stereocenters. The minimum Gasteiger partial charge on any atom is -0.375 e. The highest BCUT2D eigenvalue weighted by Gasteiger charge is 2.24. The van der Waals surface area contributed by atoms with E-state index in [1.807, 2.05) is 13.8 Å². The fourth-order valence-corrected chi connectivity index (χ4v) is 5.01. The van der Waals surface area contributed by atoms with Crippen LogP contribution in [0.5, 0.6) is 0 Å². The second-order valence-corrected chi connectivity index (χ2v) is 11.0. The molecule has 1 aromatic heterocycles. The van der Waals surface area contributed by atoms with Crippen LogP contribution in [0, 0.1) is 12.8 Å². The monoisotopic (exact) mass is 476 g/mol. The lowest BCUT2D eigenvalue weighted by Crippen LogP contribution is -2.36. The summed E-state index contributed by atoms with van der Waals surface area (Å²) in [7, 11) is -3.83. The van der Waals surface area contributed by atoms with E-state index in [0.29, 0.717) is 30.2 Å². The van der Waals surface area contributed by atoms with E-state index < -0.39 is 10.0 Å². The molecular weight excluding hydrogens is 440 g/mol. The molecule has 11 heteroatoms. The van der Waals surface area contributed by atoms with Crippen LogP contribution in [0.3, 0.4) is 0 Å². The Morgan fingerprint density at radius 1 is 1.26 bits per heavy atom. The van der Waals surface area contributed by atoms with E-state index in [1.54, 1.807) is 6.92 Å². The SMILES string of the molecule is CCC(C)(CCC(=O)NCCNS(=O)(=O)c1nc(NC(C)=O)sc1C)OCCC(C)C. The average molecular weight is 477 g/mol. The number of sulfonamides is 1. The molecule has 2 amide bonds. The van der Waals surface area contributed by atoms with Gasteiger partial charge in [-0.15, -0.1) is 11.3 Å². The van der Waals surface area contributed by atoms with E-state index in [4.69, 9.17) is 4.74 Å². The van der Waals surface area contributed by atoms with Crippen molar-refractivity contribution in [2.75, 3.05) is 25.0 Å². The zero-order chi connectivity index (χ0) is 23.7. The zero-order valence-corrected chi connectivity index (χ0v) is 21.0. The van der Waals surface area contributed by atoms with Crippen LogP contribution in [0.1, 0.15) is 65.2 Å². The van der Waals surface area contributed by atoms with Crippen molar-refractivity contribution in [3.05, 3.63) is 4.88 Å². The number of anilines is 1. The molecular formula is C20H36N4O5S2. The normalized spacial score (nSPS) is 13.8. The molecule has 0 aliphatic heterocycles. The van der Waals surface area contributed by atoms with Gasteiger partial charge in [-0.3, -0.25) is 9.59 Å². The topological polar surface area (TPSA) is 126 Å². The first-order chi connectivity index (χ1) is 14.4. The summed E-state index contributed by atoms with van der Waals surface area (Å²) >= 11 is 1.09. The predicted octanol–water partition coefficient (Wildman–Crippen LogP) is 2.82. The molecule has 0 aliphatic carbocycles. The second-order valence-electron chi connectivity index (χ2n) is 8.14. The number of nitrogens with zero attached hydrogens (tertiary/aromatic N) is 1. The Bertz CT molecular complexity index is 839. The molecule has 1 rings (SSSR count). The standard InChI is InChI=1S/C20H36N4O5S2/c1-7-20(6,29-13-9-14(2)3)10-8-17(26)21-11-12-22-31(27,28)18-15(4)30-19(24-18)23-16(5)25/h14,22H,7-13H2,1-6H3,(H,21,26)(H,23,24,25). The molecule has 1 heterocycles.